The summed E-state index contributed by atoms with van der Waals surface area (Å²) in [5.74, 6) is 0.563. The molecule has 2 N–H and O–H groups in total. The van der Waals surface area contributed by atoms with Crippen LogP contribution in [-0.2, 0) is 11.2 Å². The summed E-state index contributed by atoms with van der Waals surface area (Å²) in [5, 5.41) is 0. The van der Waals surface area contributed by atoms with E-state index in [0.29, 0.717) is 5.92 Å². The van der Waals surface area contributed by atoms with Gasteiger partial charge in [0.1, 0.15) is 0 Å². The maximum Gasteiger partial charge on any atom is 0.0842 e. The number of benzene rings is 1. The highest BCUT2D eigenvalue weighted by Gasteiger charge is 2.24. The molecular formula is C15H23NO. The largest absolute Gasteiger partial charge is 0.373 e. The van der Waals surface area contributed by atoms with Crippen molar-refractivity contribution in [3.63, 3.8) is 0 Å². The summed E-state index contributed by atoms with van der Waals surface area (Å²) in [5.41, 5.74) is 9.01. The second-order valence-electron chi connectivity index (χ2n) is 5.09. The Morgan fingerprint density at radius 1 is 1.41 bits per heavy atom. The van der Waals surface area contributed by atoms with Gasteiger partial charge in [0.15, 0.2) is 0 Å². The molecule has 0 radical (unpaired) electrons. The number of ether oxygens (including phenoxy) is 1. The van der Waals surface area contributed by atoms with Crippen LogP contribution < -0.4 is 5.73 Å². The Morgan fingerprint density at radius 2 is 2.18 bits per heavy atom. The Morgan fingerprint density at radius 3 is 2.94 bits per heavy atom. The monoisotopic (exact) mass is 233 g/mol. The smallest absolute Gasteiger partial charge is 0.0842 e. The molecule has 1 aliphatic rings. The molecule has 1 aromatic rings. The molecule has 0 spiro atoms. The first-order valence-electron chi connectivity index (χ1n) is 6.67. The van der Waals surface area contributed by atoms with Gasteiger partial charge in [0.25, 0.3) is 0 Å². The highest BCUT2D eigenvalue weighted by Crippen LogP contribution is 2.31. The van der Waals surface area contributed by atoms with Crippen LogP contribution >= 0.6 is 0 Å². The quantitative estimate of drug-likeness (QED) is 0.867. The van der Waals surface area contributed by atoms with Gasteiger partial charge in [-0.15, -0.1) is 0 Å². The summed E-state index contributed by atoms with van der Waals surface area (Å²) in [6, 6.07) is 8.82. The van der Waals surface area contributed by atoms with Crippen LogP contribution in [0.25, 0.3) is 0 Å². The SMILES string of the molecule is CCC(C)C(N)CC1OCCc2ccccc21. The normalized spacial score (nSPS) is 22.9. The minimum Gasteiger partial charge on any atom is -0.373 e. The Labute approximate surface area is 104 Å². The van der Waals surface area contributed by atoms with Crippen molar-refractivity contribution in [3.05, 3.63) is 35.4 Å². The molecule has 0 saturated carbocycles. The molecule has 3 atom stereocenters. The molecule has 0 aromatic heterocycles. The van der Waals surface area contributed by atoms with Crippen LogP contribution in [0, 0.1) is 5.92 Å². The maximum absolute atomic E-state index is 6.24. The maximum atomic E-state index is 6.24. The third-order valence-electron chi connectivity index (χ3n) is 3.95. The van der Waals surface area contributed by atoms with Crippen molar-refractivity contribution in [2.45, 2.75) is 45.3 Å². The van der Waals surface area contributed by atoms with E-state index in [1.54, 1.807) is 0 Å². The predicted octanol–water partition coefficient (Wildman–Crippen LogP) is 3.06. The molecule has 0 amide bonds. The van der Waals surface area contributed by atoms with Crippen LogP contribution in [0.15, 0.2) is 24.3 Å². The molecule has 94 valence electrons. The summed E-state index contributed by atoms with van der Waals surface area (Å²) < 4.78 is 5.89. The van der Waals surface area contributed by atoms with E-state index in [-0.39, 0.29) is 12.1 Å². The Balaban J connectivity index is 2.08. The van der Waals surface area contributed by atoms with Crippen LogP contribution in [0.1, 0.15) is 43.9 Å². The molecule has 1 aliphatic heterocycles. The first-order chi connectivity index (χ1) is 8.22. The second kappa shape index (κ2) is 5.65. The molecule has 1 aromatic carbocycles. The van der Waals surface area contributed by atoms with E-state index in [0.717, 1.165) is 25.9 Å². The second-order valence-corrected chi connectivity index (χ2v) is 5.09. The van der Waals surface area contributed by atoms with Gasteiger partial charge in [0.2, 0.25) is 0 Å². The standard InChI is InChI=1S/C15H23NO/c1-3-11(2)14(16)10-15-13-7-5-4-6-12(13)8-9-17-15/h4-7,11,14-15H,3,8-10,16H2,1-2H3. The Bertz CT molecular complexity index is 364. The summed E-state index contributed by atoms with van der Waals surface area (Å²) >= 11 is 0. The highest BCUT2D eigenvalue weighted by atomic mass is 16.5. The molecule has 0 bridgehead atoms. The first-order valence-corrected chi connectivity index (χ1v) is 6.67. The van der Waals surface area contributed by atoms with E-state index in [9.17, 15) is 0 Å². The third-order valence-corrected chi connectivity index (χ3v) is 3.95. The number of fused-ring (bicyclic) bond motifs is 1. The number of nitrogens with two attached hydrogens (primary N) is 1. The zero-order valence-corrected chi connectivity index (χ0v) is 10.9. The van der Waals surface area contributed by atoms with Gasteiger partial charge in [-0.3, -0.25) is 0 Å². The minimum atomic E-state index is 0.198. The Hall–Kier alpha value is -0.860. The van der Waals surface area contributed by atoms with Crippen LogP contribution in [0.2, 0.25) is 0 Å². The lowest BCUT2D eigenvalue weighted by Gasteiger charge is -2.29. The van der Waals surface area contributed by atoms with Gasteiger partial charge in [-0.05, 0) is 29.9 Å². The van der Waals surface area contributed by atoms with Gasteiger partial charge >= 0.3 is 0 Å². The van der Waals surface area contributed by atoms with Crippen molar-refractivity contribution in [3.8, 4) is 0 Å². The van der Waals surface area contributed by atoms with Crippen molar-refractivity contribution in [1.29, 1.82) is 0 Å². The van der Waals surface area contributed by atoms with Gasteiger partial charge in [-0.2, -0.15) is 0 Å². The van der Waals surface area contributed by atoms with Crippen molar-refractivity contribution in [2.75, 3.05) is 6.61 Å². The van der Waals surface area contributed by atoms with Crippen LogP contribution in [-0.4, -0.2) is 12.6 Å². The number of hydrogen-bond donors (Lipinski definition) is 1. The van der Waals surface area contributed by atoms with E-state index >= 15 is 0 Å². The van der Waals surface area contributed by atoms with Crippen LogP contribution in [0.4, 0.5) is 0 Å². The number of hydrogen-bond acceptors (Lipinski definition) is 2. The lowest BCUT2D eigenvalue weighted by molar-refractivity contribution is 0.0284. The van der Waals surface area contributed by atoms with Gasteiger partial charge < -0.3 is 10.5 Å². The summed E-state index contributed by atoms with van der Waals surface area (Å²) in [6.45, 7) is 5.24. The lowest BCUT2D eigenvalue weighted by atomic mass is 9.89. The van der Waals surface area contributed by atoms with Crippen LogP contribution in [0.3, 0.4) is 0 Å². The zero-order valence-electron chi connectivity index (χ0n) is 10.9. The van der Waals surface area contributed by atoms with Crippen molar-refractivity contribution in [2.24, 2.45) is 11.7 Å². The fourth-order valence-corrected chi connectivity index (χ4v) is 2.45. The molecule has 17 heavy (non-hydrogen) atoms. The van der Waals surface area contributed by atoms with E-state index < -0.39 is 0 Å². The van der Waals surface area contributed by atoms with Gasteiger partial charge in [-0.25, -0.2) is 0 Å². The van der Waals surface area contributed by atoms with Crippen molar-refractivity contribution < 1.29 is 4.74 Å². The summed E-state index contributed by atoms with van der Waals surface area (Å²) in [4.78, 5) is 0. The molecule has 0 saturated heterocycles. The van der Waals surface area contributed by atoms with Crippen LogP contribution in [0.5, 0.6) is 0 Å². The average Bonchev–Trinajstić information content (AvgIpc) is 2.38. The molecule has 2 rings (SSSR count). The fourth-order valence-electron chi connectivity index (χ4n) is 2.45. The molecule has 0 aliphatic carbocycles. The molecule has 3 unspecified atom stereocenters. The van der Waals surface area contributed by atoms with E-state index in [2.05, 4.69) is 38.1 Å². The highest BCUT2D eigenvalue weighted by molar-refractivity contribution is 5.31. The topological polar surface area (TPSA) is 35.2 Å². The van der Waals surface area contributed by atoms with E-state index in [1.807, 2.05) is 0 Å². The summed E-state index contributed by atoms with van der Waals surface area (Å²) in [7, 11) is 0. The molecule has 0 fully saturated rings. The lowest BCUT2D eigenvalue weighted by Crippen LogP contribution is -2.32. The Kier molecular flexibility index (Phi) is 4.19. The van der Waals surface area contributed by atoms with E-state index in [4.69, 9.17) is 10.5 Å². The van der Waals surface area contributed by atoms with Gasteiger partial charge in [0, 0.05) is 6.04 Å². The minimum absolute atomic E-state index is 0.198. The van der Waals surface area contributed by atoms with E-state index in [1.165, 1.54) is 11.1 Å². The zero-order chi connectivity index (χ0) is 12.3. The first kappa shape index (κ1) is 12.6. The van der Waals surface area contributed by atoms with Crippen molar-refractivity contribution in [1.82, 2.24) is 0 Å². The molecular weight excluding hydrogens is 210 g/mol. The molecule has 2 heteroatoms. The third kappa shape index (κ3) is 2.88. The number of rotatable bonds is 4. The predicted molar refractivity (Wildman–Crippen MR) is 70.9 cm³/mol. The molecule has 1 heterocycles. The van der Waals surface area contributed by atoms with Gasteiger partial charge in [-0.1, -0.05) is 44.5 Å². The molecule has 2 nitrogen and oxygen atoms in total. The van der Waals surface area contributed by atoms with Crippen molar-refractivity contribution >= 4 is 0 Å². The average molecular weight is 233 g/mol. The summed E-state index contributed by atoms with van der Waals surface area (Å²) in [6.07, 6.45) is 3.30. The fraction of sp³-hybridized carbons (Fsp3) is 0.600. The van der Waals surface area contributed by atoms with Gasteiger partial charge in [0.05, 0.1) is 12.7 Å².